The normalized spacial score (nSPS) is 11.8. The van der Waals surface area contributed by atoms with Gasteiger partial charge in [0, 0.05) is 38.8 Å². The summed E-state index contributed by atoms with van der Waals surface area (Å²) in [5.41, 5.74) is 11.9. The second kappa shape index (κ2) is 14.9. The Labute approximate surface area is 347 Å². The van der Waals surface area contributed by atoms with Crippen LogP contribution in [0.15, 0.2) is 212 Å². The number of benzene rings is 8. The van der Waals surface area contributed by atoms with Crippen molar-refractivity contribution < 1.29 is 4.74 Å². The summed E-state index contributed by atoms with van der Waals surface area (Å²) in [5.74, 6) is 2.76. The molecule has 0 unspecified atom stereocenters. The molecule has 0 spiro atoms. The summed E-state index contributed by atoms with van der Waals surface area (Å²) < 4.78 is 6.47. The second-order valence-electron chi connectivity index (χ2n) is 14.7. The molecule has 0 fully saturated rings. The maximum atomic E-state index is 6.47. The van der Waals surface area contributed by atoms with Gasteiger partial charge in [-0.3, -0.25) is 0 Å². The molecule has 0 bridgehead atoms. The van der Waals surface area contributed by atoms with Crippen molar-refractivity contribution >= 4 is 27.8 Å². The molecule has 60 heavy (non-hydrogen) atoms. The highest BCUT2D eigenvalue weighted by atomic mass is 16.5. The fraction of sp³-hybridized carbons (Fsp3) is 0. The highest BCUT2D eigenvalue weighted by Gasteiger charge is 2.28. The molecule has 0 saturated heterocycles. The average molecular weight is 770 g/mol. The van der Waals surface area contributed by atoms with Crippen LogP contribution in [0.5, 0.6) is 11.5 Å². The molecule has 6 heteroatoms. The van der Waals surface area contributed by atoms with Gasteiger partial charge < -0.3 is 9.64 Å². The van der Waals surface area contributed by atoms with Gasteiger partial charge in [-0.1, -0.05) is 158 Å². The first kappa shape index (κ1) is 35.0. The molecule has 3 heterocycles. The highest BCUT2D eigenvalue weighted by molar-refractivity contribution is 6.08. The van der Waals surface area contributed by atoms with Crippen LogP contribution in [-0.4, -0.2) is 19.9 Å². The first-order valence-electron chi connectivity index (χ1n) is 20.0. The molecule has 0 atom stereocenters. The van der Waals surface area contributed by atoms with Crippen LogP contribution in [0.2, 0.25) is 0 Å². The standard InChI is InChI=1S/C54H35N5O/c1-5-18-36(19-6-1)44-34-45(37-20-7-2-8-21-37)56-53(55-44)40-32-42-41(26-17-29-48(42)59-49-27-13-15-30-51(49)60-52-31-16-14-28-50(52)59)43(33-40)54-57-46(38-22-9-3-10-23-38)35-47(58-54)39-24-11-4-12-25-39/h1-35H. The van der Waals surface area contributed by atoms with Gasteiger partial charge in [0.05, 0.1) is 39.8 Å². The summed E-state index contributed by atoms with van der Waals surface area (Å²) in [6, 6.07) is 72.5. The number of para-hydroxylation sites is 4. The van der Waals surface area contributed by atoms with E-state index in [9.17, 15) is 0 Å². The zero-order valence-electron chi connectivity index (χ0n) is 32.4. The van der Waals surface area contributed by atoms with Crippen LogP contribution in [0.3, 0.4) is 0 Å². The molecular weight excluding hydrogens is 735 g/mol. The molecule has 0 radical (unpaired) electrons. The van der Waals surface area contributed by atoms with Gasteiger partial charge in [-0.2, -0.15) is 0 Å². The van der Waals surface area contributed by atoms with Crippen molar-refractivity contribution in [1.29, 1.82) is 0 Å². The van der Waals surface area contributed by atoms with Crippen LogP contribution >= 0.6 is 0 Å². The van der Waals surface area contributed by atoms with Gasteiger partial charge >= 0.3 is 0 Å². The third kappa shape index (κ3) is 6.42. The van der Waals surface area contributed by atoms with Crippen molar-refractivity contribution in [3.8, 4) is 79.3 Å². The van der Waals surface area contributed by atoms with Crippen molar-refractivity contribution in [2.24, 2.45) is 0 Å². The van der Waals surface area contributed by atoms with Crippen molar-refractivity contribution in [3.63, 3.8) is 0 Å². The fourth-order valence-corrected chi connectivity index (χ4v) is 8.01. The minimum Gasteiger partial charge on any atom is -0.453 e. The molecule has 6 nitrogen and oxygen atoms in total. The van der Waals surface area contributed by atoms with Crippen LogP contribution in [0.4, 0.5) is 17.1 Å². The lowest BCUT2D eigenvalue weighted by Gasteiger charge is -2.33. The molecule has 8 aromatic carbocycles. The smallest absolute Gasteiger partial charge is 0.161 e. The van der Waals surface area contributed by atoms with Crippen LogP contribution < -0.4 is 9.64 Å². The topological polar surface area (TPSA) is 64.0 Å². The molecule has 0 saturated carbocycles. The number of hydrogen-bond acceptors (Lipinski definition) is 6. The zero-order valence-corrected chi connectivity index (χ0v) is 32.4. The molecule has 1 aliphatic heterocycles. The summed E-state index contributed by atoms with van der Waals surface area (Å²) in [4.78, 5) is 23.6. The van der Waals surface area contributed by atoms with Gasteiger partial charge in [0.15, 0.2) is 23.1 Å². The van der Waals surface area contributed by atoms with E-state index in [1.165, 1.54) is 0 Å². The number of ether oxygens (including phenoxy) is 1. The molecule has 1 aliphatic rings. The Morgan fingerprint density at radius 3 is 1.17 bits per heavy atom. The first-order valence-corrected chi connectivity index (χ1v) is 20.0. The number of hydrogen-bond donors (Lipinski definition) is 0. The maximum absolute atomic E-state index is 6.47. The maximum Gasteiger partial charge on any atom is 0.161 e. The lowest BCUT2D eigenvalue weighted by molar-refractivity contribution is 0.477. The minimum atomic E-state index is 0.596. The van der Waals surface area contributed by atoms with E-state index in [1.807, 2.05) is 109 Å². The zero-order chi connectivity index (χ0) is 39.8. The summed E-state index contributed by atoms with van der Waals surface area (Å²) in [5, 5.41) is 1.98. The number of nitrogens with zero attached hydrogens (tertiary/aromatic N) is 5. The summed E-state index contributed by atoms with van der Waals surface area (Å²) in [6.45, 7) is 0. The molecular formula is C54H35N5O. The Hall–Kier alpha value is -8.22. The molecule has 0 amide bonds. The number of fused-ring (bicyclic) bond motifs is 3. The van der Waals surface area contributed by atoms with Gasteiger partial charge in [-0.15, -0.1) is 0 Å². The Kier molecular flexibility index (Phi) is 8.71. The molecule has 2 aromatic heterocycles. The predicted octanol–water partition coefficient (Wildman–Crippen LogP) is 14.0. The van der Waals surface area contributed by atoms with E-state index >= 15 is 0 Å². The first-order chi connectivity index (χ1) is 29.7. The van der Waals surface area contributed by atoms with Gasteiger partial charge in [-0.25, -0.2) is 19.9 Å². The van der Waals surface area contributed by atoms with Crippen LogP contribution in [0, 0.1) is 0 Å². The van der Waals surface area contributed by atoms with Gasteiger partial charge in [0.2, 0.25) is 0 Å². The van der Waals surface area contributed by atoms with Crippen LogP contribution in [0.1, 0.15) is 0 Å². The van der Waals surface area contributed by atoms with Gasteiger partial charge in [0.25, 0.3) is 0 Å². The third-order valence-electron chi connectivity index (χ3n) is 10.9. The largest absolute Gasteiger partial charge is 0.453 e. The summed E-state index contributed by atoms with van der Waals surface area (Å²) in [6.07, 6.45) is 0. The molecule has 0 aliphatic carbocycles. The van der Waals surface area contributed by atoms with E-state index in [0.717, 1.165) is 95.5 Å². The predicted molar refractivity (Wildman–Crippen MR) is 243 cm³/mol. The summed E-state index contributed by atoms with van der Waals surface area (Å²) >= 11 is 0. The highest BCUT2D eigenvalue weighted by Crippen LogP contribution is 2.52. The number of rotatable bonds is 7. The van der Waals surface area contributed by atoms with E-state index < -0.39 is 0 Å². The van der Waals surface area contributed by atoms with Crippen LogP contribution in [-0.2, 0) is 0 Å². The molecule has 10 aromatic rings. The Morgan fingerprint density at radius 1 is 0.300 bits per heavy atom. The van der Waals surface area contributed by atoms with Crippen LogP contribution in [0.25, 0.3) is 78.6 Å². The van der Waals surface area contributed by atoms with Gasteiger partial charge in [0.1, 0.15) is 0 Å². The lowest BCUT2D eigenvalue weighted by Crippen LogP contribution is -2.16. The lowest BCUT2D eigenvalue weighted by atomic mass is 9.96. The summed E-state index contributed by atoms with van der Waals surface area (Å²) in [7, 11) is 0. The molecule has 11 rings (SSSR count). The van der Waals surface area contributed by atoms with Crippen molar-refractivity contribution in [1.82, 2.24) is 19.9 Å². The minimum absolute atomic E-state index is 0.596. The quantitative estimate of drug-likeness (QED) is 0.161. The third-order valence-corrected chi connectivity index (χ3v) is 10.9. The number of anilines is 3. The van der Waals surface area contributed by atoms with Gasteiger partial charge in [-0.05, 0) is 60.0 Å². The Morgan fingerprint density at radius 2 is 0.700 bits per heavy atom. The second-order valence-corrected chi connectivity index (χ2v) is 14.7. The molecule has 282 valence electrons. The molecule has 0 N–H and O–H groups in total. The van der Waals surface area contributed by atoms with Crippen molar-refractivity contribution in [2.45, 2.75) is 0 Å². The van der Waals surface area contributed by atoms with Crippen molar-refractivity contribution in [3.05, 3.63) is 212 Å². The van der Waals surface area contributed by atoms with E-state index in [1.54, 1.807) is 0 Å². The van der Waals surface area contributed by atoms with E-state index in [4.69, 9.17) is 24.7 Å². The Bertz CT molecular complexity index is 3010. The Balaban J connectivity index is 1.22. The van der Waals surface area contributed by atoms with Crippen molar-refractivity contribution in [2.75, 3.05) is 4.90 Å². The monoisotopic (exact) mass is 769 g/mol. The van der Waals surface area contributed by atoms with E-state index in [0.29, 0.717) is 11.6 Å². The SMILES string of the molecule is c1ccc(-c2cc(-c3ccccc3)nc(-c3cc(-c4nc(-c5ccccc5)cc(-c5ccccc5)n4)c4cccc(N5c6ccccc6Oc6ccccc65)c4c3)n2)cc1. The fourth-order valence-electron chi connectivity index (χ4n) is 8.01. The van der Waals surface area contributed by atoms with E-state index in [-0.39, 0.29) is 0 Å². The average Bonchev–Trinajstić information content (AvgIpc) is 3.33. The van der Waals surface area contributed by atoms with E-state index in [2.05, 4.69) is 108 Å². The number of aromatic nitrogens is 4.